The molecular formula is C36H24N2OS. The highest BCUT2D eigenvalue weighted by atomic mass is 32.2. The molecule has 0 saturated carbocycles. The summed E-state index contributed by atoms with van der Waals surface area (Å²) in [4.78, 5) is 1.50. The number of benzene rings is 6. The van der Waals surface area contributed by atoms with Crippen molar-refractivity contribution in [3.63, 3.8) is 0 Å². The van der Waals surface area contributed by atoms with Crippen molar-refractivity contribution in [3.05, 3.63) is 146 Å². The second kappa shape index (κ2) is 8.80. The second-order valence-electron chi connectivity index (χ2n) is 10.1. The number of rotatable bonds is 3. The Bertz CT molecular complexity index is 2210. The van der Waals surface area contributed by atoms with Gasteiger partial charge in [0.1, 0.15) is 9.73 Å². The number of aromatic nitrogens is 1. The normalized spacial score (nSPS) is 15.9. The minimum Gasteiger partial charge on any atom is -0.309 e. The van der Waals surface area contributed by atoms with Gasteiger partial charge in [-0.2, -0.15) is 4.36 Å². The quantitative estimate of drug-likeness (QED) is 0.223. The molecule has 7 aromatic rings. The van der Waals surface area contributed by atoms with Crippen LogP contribution in [0.5, 0.6) is 0 Å². The summed E-state index contributed by atoms with van der Waals surface area (Å²) in [6.45, 7) is 0. The molecule has 1 aromatic heterocycles. The number of fused-ring (bicyclic) bond motifs is 6. The van der Waals surface area contributed by atoms with Crippen molar-refractivity contribution in [2.24, 2.45) is 4.36 Å². The highest BCUT2D eigenvalue weighted by Gasteiger charge is 2.26. The van der Waals surface area contributed by atoms with E-state index in [4.69, 9.17) is 4.36 Å². The van der Waals surface area contributed by atoms with Gasteiger partial charge in [-0.1, -0.05) is 84.9 Å². The van der Waals surface area contributed by atoms with Gasteiger partial charge in [-0.15, -0.1) is 0 Å². The second-order valence-corrected chi connectivity index (χ2v) is 12.2. The molecule has 0 saturated heterocycles. The van der Waals surface area contributed by atoms with Crippen LogP contribution in [0.3, 0.4) is 0 Å². The van der Waals surface area contributed by atoms with Gasteiger partial charge in [0.25, 0.3) is 0 Å². The fraction of sp³-hybridized carbons (Fsp3) is 0. The smallest absolute Gasteiger partial charge is 0.109 e. The first kappa shape index (κ1) is 23.0. The van der Waals surface area contributed by atoms with Crippen molar-refractivity contribution in [3.8, 4) is 27.9 Å². The third-order valence-corrected chi connectivity index (χ3v) is 10.1. The molecule has 0 N–H and O–H groups in total. The maximum atomic E-state index is 14.4. The van der Waals surface area contributed by atoms with E-state index >= 15 is 0 Å². The summed E-state index contributed by atoms with van der Waals surface area (Å²) in [7, 11) is -2.77. The van der Waals surface area contributed by atoms with Crippen LogP contribution in [-0.4, -0.2) is 8.78 Å². The first-order chi connectivity index (χ1) is 19.7. The van der Waals surface area contributed by atoms with Gasteiger partial charge in [0, 0.05) is 27.6 Å². The molecular weight excluding hydrogens is 508 g/mol. The lowest BCUT2D eigenvalue weighted by Crippen LogP contribution is -2.07. The van der Waals surface area contributed by atoms with Gasteiger partial charge in [0.2, 0.25) is 0 Å². The van der Waals surface area contributed by atoms with E-state index in [0.717, 1.165) is 43.4 Å². The van der Waals surface area contributed by atoms with Gasteiger partial charge >= 0.3 is 0 Å². The van der Waals surface area contributed by atoms with Crippen molar-refractivity contribution < 1.29 is 4.21 Å². The average molecular weight is 533 g/mol. The zero-order chi connectivity index (χ0) is 26.7. The minimum atomic E-state index is -2.77. The van der Waals surface area contributed by atoms with Crippen LogP contribution in [0, 0.1) is 0 Å². The van der Waals surface area contributed by atoms with E-state index in [2.05, 4.69) is 89.5 Å². The summed E-state index contributed by atoms with van der Waals surface area (Å²) in [6.07, 6.45) is 0. The van der Waals surface area contributed by atoms with E-state index in [1.807, 2.05) is 60.7 Å². The molecule has 6 aromatic carbocycles. The van der Waals surface area contributed by atoms with E-state index in [9.17, 15) is 4.21 Å². The Kier molecular flexibility index (Phi) is 5.06. The van der Waals surface area contributed by atoms with Gasteiger partial charge < -0.3 is 4.57 Å². The van der Waals surface area contributed by atoms with Crippen molar-refractivity contribution in [1.29, 1.82) is 0 Å². The van der Waals surface area contributed by atoms with Crippen molar-refractivity contribution >= 4 is 37.2 Å². The van der Waals surface area contributed by atoms with Gasteiger partial charge in [0.15, 0.2) is 0 Å². The number of para-hydroxylation sites is 2. The Morgan fingerprint density at radius 2 is 1.18 bits per heavy atom. The Morgan fingerprint density at radius 1 is 0.525 bits per heavy atom. The molecule has 1 unspecified atom stereocenters. The SMILES string of the molecule is O=S1(c2ccccc2)=Nc2ccc(-c3ccc4c(c3)c3ccccc3n4-c3ccccc3)cc2-c2ccccc21. The van der Waals surface area contributed by atoms with E-state index in [1.165, 1.54) is 21.8 Å². The molecule has 1 aliphatic heterocycles. The Morgan fingerprint density at radius 3 is 2.02 bits per heavy atom. The van der Waals surface area contributed by atoms with Crippen LogP contribution in [0.4, 0.5) is 5.69 Å². The van der Waals surface area contributed by atoms with Gasteiger partial charge in [-0.05, 0) is 71.8 Å². The lowest BCUT2D eigenvalue weighted by molar-refractivity contribution is 0.676. The first-order valence-corrected chi connectivity index (χ1v) is 14.9. The number of hydrogen-bond donors (Lipinski definition) is 0. The van der Waals surface area contributed by atoms with E-state index in [-0.39, 0.29) is 0 Å². The Labute approximate surface area is 233 Å². The van der Waals surface area contributed by atoms with Crippen LogP contribution in [0.1, 0.15) is 0 Å². The lowest BCUT2D eigenvalue weighted by atomic mass is 9.96. The zero-order valence-electron chi connectivity index (χ0n) is 21.6. The Balaban J connectivity index is 1.33. The van der Waals surface area contributed by atoms with Crippen molar-refractivity contribution in [2.75, 3.05) is 0 Å². The molecule has 1 aliphatic rings. The van der Waals surface area contributed by atoms with E-state index in [0.29, 0.717) is 0 Å². The summed E-state index contributed by atoms with van der Waals surface area (Å²) in [6, 6.07) is 49.7. The maximum absolute atomic E-state index is 14.4. The molecule has 0 radical (unpaired) electrons. The summed E-state index contributed by atoms with van der Waals surface area (Å²) < 4.78 is 21.6. The predicted molar refractivity (Wildman–Crippen MR) is 165 cm³/mol. The van der Waals surface area contributed by atoms with Gasteiger partial charge in [-0.3, -0.25) is 0 Å². The van der Waals surface area contributed by atoms with Crippen molar-refractivity contribution in [1.82, 2.24) is 4.57 Å². The summed E-state index contributed by atoms with van der Waals surface area (Å²) >= 11 is 0. The van der Waals surface area contributed by atoms with E-state index < -0.39 is 9.73 Å². The van der Waals surface area contributed by atoms with E-state index in [1.54, 1.807) is 0 Å². The molecule has 3 nitrogen and oxygen atoms in total. The molecule has 0 fully saturated rings. The van der Waals surface area contributed by atoms with Gasteiger partial charge in [-0.25, -0.2) is 4.21 Å². The molecule has 0 aliphatic carbocycles. The standard InChI is InChI=1S/C36H24N2OS/c39-40(28-13-5-2-6-14-28)36-18-10-8-16-30(36)31-23-25(19-21-33(31)37-40)26-20-22-35-32(24-26)29-15-7-9-17-34(29)38(35)27-11-3-1-4-12-27/h1-24H. The molecule has 0 spiro atoms. The molecule has 2 heterocycles. The minimum absolute atomic E-state index is 0.734. The summed E-state index contributed by atoms with van der Waals surface area (Å²) in [5.74, 6) is 0. The topological polar surface area (TPSA) is 34.4 Å². The van der Waals surface area contributed by atoms with Crippen LogP contribution in [-0.2, 0) is 9.73 Å². The fourth-order valence-corrected chi connectivity index (χ4v) is 8.08. The molecule has 4 heteroatoms. The average Bonchev–Trinajstić information content (AvgIpc) is 3.36. The number of hydrogen-bond acceptors (Lipinski definition) is 2. The van der Waals surface area contributed by atoms with Gasteiger partial charge in [0.05, 0.1) is 26.5 Å². The van der Waals surface area contributed by atoms with Crippen LogP contribution in [0.15, 0.2) is 160 Å². The zero-order valence-corrected chi connectivity index (χ0v) is 22.4. The molecule has 8 rings (SSSR count). The highest BCUT2D eigenvalue weighted by molar-refractivity contribution is 7.94. The lowest BCUT2D eigenvalue weighted by Gasteiger charge is -2.22. The fourth-order valence-electron chi connectivity index (χ4n) is 5.92. The highest BCUT2D eigenvalue weighted by Crippen LogP contribution is 2.45. The molecule has 190 valence electrons. The first-order valence-electron chi connectivity index (χ1n) is 13.4. The molecule has 0 amide bonds. The predicted octanol–water partition coefficient (Wildman–Crippen LogP) is 9.65. The van der Waals surface area contributed by atoms with Crippen LogP contribution in [0.2, 0.25) is 0 Å². The van der Waals surface area contributed by atoms with Crippen molar-refractivity contribution in [2.45, 2.75) is 9.79 Å². The van der Waals surface area contributed by atoms with Crippen LogP contribution < -0.4 is 0 Å². The van der Waals surface area contributed by atoms with Crippen LogP contribution in [0.25, 0.3) is 49.7 Å². The summed E-state index contributed by atoms with van der Waals surface area (Å²) in [5, 5.41) is 2.44. The molecule has 1 atom stereocenters. The Hall–Kier alpha value is -4.93. The van der Waals surface area contributed by atoms with Crippen LogP contribution >= 0.6 is 0 Å². The summed E-state index contributed by atoms with van der Waals surface area (Å²) in [5.41, 5.74) is 8.51. The monoisotopic (exact) mass is 532 g/mol. The number of nitrogens with zero attached hydrogens (tertiary/aromatic N) is 2. The third-order valence-electron chi connectivity index (χ3n) is 7.78. The molecule has 40 heavy (non-hydrogen) atoms. The third kappa shape index (κ3) is 3.40. The maximum Gasteiger partial charge on any atom is 0.109 e. The molecule has 0 bridgehead atoms. The largest absolute Gasteiger partial charge is 0.309 e.